The third kappa shape index (κ3) is 10.3. The van der Waals surface area contributed by atoms with Crippen molar-refractivity contribution in [1.29, 1.82) is 0 Å². The zero-order chi connectivity index (χ0) is 9.23. The molecule has 0 aromatic rings. The average Bonchev–Trinajstić information content (AvgIpc) is 2.02. The smallest absolute Gasteiger partial charge is 0.0591 e. The summed E-state index contributed by atoms with van der Waals surface area (Å²) in [4.78, 5) is 0. The standard InChI is InChI=1S/C9H21NOS/c1-9(2)10-5-7-11-6-4-8-12-3/h9-10H,4-8H2,1-3H3. The van der Waals surface area contributed by atoms with Crippen LogP contribution in [0.4, 0.5) is 0 Å². The van der Waals surface area contributed by atoms with Crippen LogP contribution in [0.5, 0.6) is 0 Å². The average molecular weight is 191 g/mol. The molecule has 0 aliphatic carbocycles. The first kappa shape index (κ1) is 12.3. The number of hydrogen-bond donors (Lipinski definition) is 1. The number of rotatable bonds is 8. The van der Waals surface area contributed by atoms with Gasteiger partial charge in [0, 0.05) is 19.2 Å². The summed E-state index contributed by atoms with van der Waals surface area (Å²) in [5.41, 5.74) is 0. The molecule has 0 fully saturated rings. The zero-order valence-electron chi connectivity index (χ0n) is 8.43. The Balaban J connectivity index is 2.82. The maximum atomic E-state index is 5.41. The van der Waals surface area contributed by atoms with Gasteiger partial charge in [-0.1, -0.05) is 13.8 Å². The normalized spacial score (nSPS) is 11.0. The van der Waals surface area contributed by atoms with Crippen molar-refractivity contribution in [1.82, 2.24) is 5.32 Å². The first-order valence-corrected chi connectivity index (χ1v) is 5.97. The van der Waals surface area contributed by atoms with Gasteiger partial charge in [-0.05, 0) is 18.4 Å². The molecule has 0 rings (SSSR count). The SMILES string of the molecule is CSCCCOCCNC(C)C. The summed E-state index contributed by atoms with van der Waals surface area (Å²) in [5.74, 6) is 1.21. The maximum absolute atomic E-state index is 5.41. The van der Waals surface area contributed by atoms with E-state index >= 15 is 0 Å². The van der Waals surface area contributed by atoms with Crippen molar-refractivity contribution in [2.75, 3.05) is 31.8 Å². The highest BCUT2D eigenvalue weighted by Crippen LogP contribution is 1.94. The van der Waals surface area contributed by atoms with Gasteiger partial charge < -0.3 is 10.1 Å². The van der Waals surface area contributed by atoms with Crippen molar-refractivity contribution in [3.05, 3.63) is 0 Å². The summed E-state index contributed by atoms with van der Waals surface area (Å²) in [6, 6.07) is 0.569. The Morgan fingerprint density at radius 3 is 2.67 bits per heavy atom. The van der Waals surface area contributed by atoms with E-state index in [0.717, 1.165) is 19.8 Å². The van der Waals surface area contributed by atoms with Crippen LogP contribution in [-0.2, 0) is 4.74 Å². The summed E-state index contributed by atoms with van der Waals surface area (Å²) in [7, 11) is 0. The van der Waals surface area contributed by atoms with E-state index < -0.39 is 0 Å². The lowest BCUT2D eigenvalue weighted by atomic mass is 10.4. The summed E-state index contributed by atoms with van der Waals surface area (Å²) < 4.78 is 5.41. The van der Waals surface area contributed by atoms with Gasteiger partial charge in [0.25, 0.3) is 0 Å². The lowest BCUT2D eigenvalue weighted by Crippen LogP contribution is -2.26. The Morgan fingerprint density at radius 2 is 2.08 bits per heavy atom. The lowest BCUT2D eigenvalue weighted by Gasteiger charge is -2.07. The molecule has 0 saturated heterocycles. The molecule has 0 spiro atoms. The van der Waals surface area contributed by atoms with Gasteiger partial charge in [-0.15, -0.1) is 0 Å². The minimum Gasteiger partial charge on any atom is -0.380 e. The molecule has 2 nitrogen and oxygen atoms in total. The predicted molar refractivity (Wildman–Crippen MR) is 57.0 cm³/mol. The van der Waals surface area contributed by atoms with Crippen molar-refractivity contribution in [2.24, 2.45) is 0 Å². The van der Waals surface area contributed by atoms with Crippen LogP contribution in [0.3, 0.4) is 0 Å². The van der Waals surface area contributed by atoms with Gasteiger partial charge in [0.1, 0.15) is 0 Å². The molecule has 0 aliphatic rings. The van der Waals surface area contributed by atoms with Crippen molar-refractivity contribution >= 4 is 11.8 Å². The number of hydrogen-bond acceptors (Lipinski definition) is 3. The molecule has 0 radical (unpaired) electrons. The molecule has 0 unspecified atom stereocenters. The second-order valence-corrected chi connectivity index (χ2v) is 4.05. The third-order valence-electron chi connectivity index (χ3n) is 1.44. The first-order valence-electron chi connectivity index (χ1n) is 4.57. The van der Waals surface area contributed by atoms with Crippen LogP contribution in [-0.4, -0.2) is 37.8 Å². The van der Waals surface area contributed by atoms with E-state index in [1.807, 2.05) is 11.8 Å². The van der Waals surface area contributed by atoms with Gasteiger partial charge >= 0.3 is 0 Å². The quantitative estimate of drug-likeness (QED) is 0.591. The number of thioether (sulfide) groups is 1. The molecule has 0 aromatic carbocycles. The van der Waals surface area contributed by atoms with Gasteiger partial charge in [0.2, 0.25) is 0 Å². The summed E-state index contributed by atoms with van der Waals surface area (Å²) in [6.45, 7) is 7.01. The molecule has 0 amide bonds. The maximum Gasteiger partial charge on any atom is 0.0591 e. The Labute approximate surface area is 80.4 Å². The minimum absolute atomic E-state index is 0.569. The lowest BCUT2D eigenvalue weighted by molar-refractivity contribution is 0.136. The number of ether oxygens (including phenoxy) is 1. The fourth-order valence-electron chi connectivity index (χ4n) is 0.827. The molecule has 0 heterocycles. The van der Waals surface area contributed by atoms with E-state index in [0.29, 0.717) is 6.04 Å². The van der Waals surface area contributed by atoms with E-state index in [1.165, 1.54) is 12.2 Å². The second-order valence-electron chi connectivity index (χ2n) is 3.07. The number of nitrogens with one attached hydrogen (secondary N) is 1. The van der Waals surface area contributed by atoms with E-state index in [2.05, 4.69) is 25.4 Å². The van der Waals surface area contributed by atoms with Crippen LogP contribution >= 0.6 is 11.8 Å². The molecule has 0 aromatic heterocycles. The van der Waals surface area contributed by atoms with Gasteiger partial charge in [0.05, 0.1) is 6.61 Å². The van der Waals surface area contributed by atoms with Crippen LogP contribution in [0.15, 0.2) is 0 Å². The molecule has 74 valence electrons. The van der Waals surface area contributed by atoms with Crippen LogP contribution < -0.4 is 5.32 Å². The second kappa shape index (κ2) is 9.36. The third-order valence-corrected chi connectivity index (χ3v) is 2.13. The van der Waals surface area contributed by atoms with Crippen molar-refractivity contribution < 1.29 is 4.74 Å². The van der Waals surface area contributed by atoms with Gasteiger partial charge in [-0.2, -0.15) is 11.8 Å². The molecule has 0 bridgehead atoms. The van der Waals surface area contributed by atoms with Crippen LogP contribution in [0.2, 0.25) is 0 Å². The highest BCUT2D eigenvalue weighted by atomic mass is 32.2. The molecule has 0 saturated carbocycles. The molecule has 0 aliphatic heterocycles. The van der Waals surface area contributed by atoms with Gasteiger partial charge in [-0.25, -0.2) is 0 Å². The predicted octanol–water partition coefficient (Wildman–Crippen LogP) is 1.75. The molecule has 0 atom stereocenters. The van der Waals surface area contributed by atoms with E-state index in [1.54, 1.807) is 0 Å². The van der Waals surface area contributed by atoms with Crippen molar-refractivity contribution in [3.8, 4) is 0 Å². The molecular weight excluding hydrogens is 170 g/mol. The molecular formula is C9H21NOS. The van der Waals surface area contributed by atoms with Crippen LogP contribution in [0, 0.1) is 0 Å². The van der Waals surface area contributed by atoms with Crippen molar-refractivity contribution in [2.45, 2.75) is 26.3 Å². The monoisotopic (exact) mass is 191 g/mol. The van der Waals surface area contributed by atoms with Crippen LogP contribution in [0.25, 0.3) is 0 Å². The summed E-state index contributed by atoms with van der Waals surface area (Å²) in [6.07, 6.45) is 3.29. The Kier molecular flexibility index (Phi) is 9.57. The van der Waals surface area contributed by atoms with Crippen molar-refractivity contribution in [3.63, 3.8) is 0 Å². The Bertz CT molecular complexity index is 88.6. The summed E-state index contributed by atoms with van der Waals surface area (Å²) >= 11 is 1.87. The fourth-order valence-corrected chi connectivity index (χ4v) is 1.23. The molecule has 1 N–H and O–H groups in total. The van der Waals surface area contributed by atoms with E-state index in [4.69, 9.17) is 4.74 Å². The van der Waals surface area contributed by atoms with E-state index in [-0.39, 0.29) is 0 Å². The van der Waals surface area contributed by atoms with Gasteiger partial charge in [-0.3, -0.25) is 0 Å². The Hall–Kier alpha value is 0.270. The van der Waals surface area contributed by atoms with E-state index in [9.17, 15) is 0 Å². The highest BCUT2D eigenvalue weighted by molar-refractivity contribution is 7.98. The topological polar surface area (TPSA) is 21.3 Å². The molecule has 12 heavy (non-hydrogen) atoms. The fraction of sp³-hybridized carbons (Fsp3) is 1.00. The van der Waals surface area contributed by atoms with Gasteiger partial charge in [0.15, 0.2) is 0 Å². The largest absolute Gasteiger partial charge is 0.380 e. The highest BCUT2D eigenvalue weighted by Gasteiger charge is 1.91. The van der Waals surface area contributed by atoms with Crippen LogP contribution in [0.1, 0.15) is 20.3 Å². The summed E-state index contributed by atoms with van der Waals surface area (Å²) in [5, 5.41) is 3.31. The Morgan fingerprint density at radius 1 is 1.33 bits per heavy atom. The first-order chi connectivity index (χ1) is 5.77. The minimum atomic E-state index is 0.569. The molecule has 3 heteroatoms. The zero-order valence-corrected chi connectivity index (χ0v) is 9.25.